The third-order valence-corrected chi connectivity index (χ3v) is 3.91. The fraction of sp³-hybridized carbons (Fsp3) is 0.300. The second kappa shape index (κ2) is 7.77. The van der Waals surface area contributed by atoms with Crippen LogP contribution in [-0.4, -0.2) is 11.8 Å². The Labute approximate surface area is 143 Å². The first kappa shape index (κ1) is 17.7. The van der Waals surface area contributed by atoms with Crippen molar-refractivity contribution in [2.45, 2.75) is 40.2 Å². The highest BCUT2D eigenvalue weighted by Gasteiger charge is 2.18. The maximum absolute atomic E-state index is 12.5. The largest absolute Gasteiger partial charge is 0.349 e. The van der Waals surface area contributed by atoms with Gasteiger partial charge in [0.1, 0.15) is 0 Å². The zero-order valence-electron chi connectivity index (χ0n) is 14.6. The van der Waals surface area contributed by atoms with Crippen molar-refractivity contribution in [1.82, 2.24) is 5.32 Å². The summed E-state index contributed by atoms with van der Waals surface area (Å²) in [5, 5.41) is 5.84. The number of nitrogens with one attached hydrogen (secondary N) is 2. The van der Waals surface area contributed by atoms with Crippen LogP contribution >= 0.6 is 0 Å². The molecule has 0 bridgehead atoms. The Kier molecular flexibility index (Phi) is 5.74. The minimum absolute atomic E-state index is 0.118. The highest BCUT2D eigenvalue weighted by Crippen LogP contribution is 2.23. The number of hydrogen-bond acceptors (Lipinski definition) is 2. The smallest absolute Gasteiger partial charge is 0.226 e. The van der Waals surface area contributed by atoms with Gasteiger partial charge in [-0.1, -0.05) is 48.0 Å². The van der Waals surface area contributed by atoms with E-state index in [0.29, 0.717) is 0 Å². The molecule has 1 atom stereocenters. The van der Waals surface area contributed by atoms with E-state index < -0.39 is 0 Å². The minimum Gasteiger partial charge on any atom is -0.349 e. The van der Waals surface area contributed by atoms with E-state index in [4.69, 9.17) is 0 Å². The van der Waals surface area contributed by atoms with E-state index in [1.54, 1.807) is 0 Å². The third-order valence-electron chi connectivity index (χ3n) is 3.91. The molecule has 2 aromatic carbocycles. The molecule has 0 aliphatic heterocycles. The molecule has 2 aromatic rings. The van der Waals surface area contributed by atoms with Crippen LogP contribution in [0.4, 0.5) is 5.69 Å². The Morgan fingerprint density at radius 2 is 1.58 bits per heavy atom. The predicted octanol–water partition coefficient (Wildman–Crippen LogP) is 3.82. The van der Waals surface area contributed by atoms with Gasteiger partial charge < -0.3 is 10.6 Å². The van der Waals surface area contributed by atoms with Crippen LogP contribution in [0.3, 0.4) is 0 Å². The molecule has 4 heteroatoms. The fourth-order valence-electron chi connectivity index (χ4n) is 2.94. The SMILES string of the molecule is CC(=O)NC(CC(=O)Nc1c(C)cc(C)cc1C)c1ccccc1. The standard InChI is InChI=1S/C20H24N2O2/c1-13-10-14(2)20(15(3)11-13)22-19(24)12-18(21-16(4)23)17-8-6-5-7-9-17/h5-11,18H,12H2,1-4H3,(H,21,23)(H,22,24). The third kappa shape index (κ3) is 4.69. The van der Waals surface area contributed by atoms with Gasteiger partial charge in [-0.25, -0.2) is 0 Å². The molecule has 24 heavy (non-hydrogen) atoms. The number of rotatable bonds is 5. The molecule has 0 aliphatic rings. The molecule has 0 saturated carbocycles. The van der Waals surface area contributed by atoms with E-state index in [1.165, 1.54) is 12.5 Å². The predicted molar refractivity (Wildman–Crippen MR) is 96.9 cm³/mol. The summed E-state index contributed by atoms with van der Waals surface area (Å²) in [5.74, 6) is -0.271. The molecule has 0 aromatic heterocycles. The lowest BCUT2D eigenvalue weighted by Gasteiger charge is -2.19. The highest BCUT2D eigenvalue weighted by atomic mass is 16.2. The van der Waals surface area contributed by atoms with Crippen molar-refractivity contribution in [3.63, 3.8) is 0 Å². The second-order valence-corrected chi connectivity index (χ2v) is 6.19. The van der Waals surface area contributed by atoms with E-state index in [2.05, 4.69) is 10.6 Å². The van der Waals surface area contributed by atoms with Crippen molar-refractivity contribution in [3.8, 4) is 0 Å². The van der Waals surface area contributed by atoms with Crippen LogP contribution in [0, 0.1) is 20.8 Å². The molecule has 126 valence electrons. The number of carbonyl (C=O) groups excluding carboxylic acids is 2. The van der Waals surface area contributed by atoms with Gasteiger partial charge in [0.25, 0.3) is 0 Å². The van der Waals surface area contributed by atoms with Crippen molar-refractivity contribution in [2.24, 2.45) is 0 Å². The van der Waals surface area contributed by atoms with E-state index in [0.717, 1.165) is 22.4 Å². The molecule has 4 nitrogen and oxygen atoms in total. The Bertz CT molecular complexity index is 716. The van der Waals surface area contributed by atoms with Crippen LogP contribution in [0.2, 0.25) is 0 Å². The summed E-state index contributed by atoms with van der Waals surface area (Å²) >= 11 is 0. The molecular weight excluding hydrogens is 300 g/mol. The number of aryl methyl sites for hydroxylation is 3. The Balaban J connectivity index is 2.15. The van der Waals surface area contributed by atoms with Gasteiger partial charge in [-0.15, -0.1) is 0 Å². The maximum atomic E-state index is 12.5. The number of hydrogen-bond donors (Lipinski definition) is 2. The molecule has 0 radical (unpaired) electrons. The monoisotopic (exact) mass is 324 g/mol. The minimum atomic E-state index is -0.338. The van der Waals surface area contributed by atoms with Gasteiger partial charge in [0.05, 0.1) is 12.5 Å². The Hall–Kier alpha value is -2.62. The van der Waals surface area contributed by atoms with Crippen molar-refractivity contribution < 1.29 is 9.59 Å². The number of anilines is 1. The zero-order chi connectivity index (χ0) is 17.7. The molecule has 2 N–H and O–H groups in total. The molecular formula is C20H24N2O2. The topological polar surface area (TPSA) is 58.2 Å². The quantitative estimate of drug-likeness (QED) is 0.878. The van der Waals surface area contributed by atoms with Crippen molar-refractivity contribution >= 4 is 17.5 Å². The second-order valence-electron chi connectivity index (χ2n) is 6.19. The van der Waals surface area contributed by atoms with Crippen LogP contribution in [0.15, 0.2) is 42.5 Å². The summed E-state index contributed by atoms with van der Waals surface area (Å²) < 4.78 is 0. The van der Waals surface area contributed by atoms with Gasteiger partial charge in [0.15, 0.2) is 0 Å². The average molecular weight is 324 g/mol. The van der Waals surface area contributed by atoms with Crippen LogP contribution in [0.5, 0.6) is 0 Å². The van der Waals surface area contributed by atoms with Gasteiger partial charge in [0, 0.05) is 12.6 Å². The molecule has 0 fully saturated rings. The summed E-state index contributed by atoms with van der Waals surface area (Å²) in [4.78, 5) is 24.0. The molecule has 0 aliphatic carbocycles. The molecule has 0 saturated heterocycles. The molecule has 2 rings (SSSR count). The lowest BCUT2D eigenvalue weighted by molar-refractivity contribution is -0.120. The Morgan fingerprint density at radius 1 is 1.00 bits per heavy atom. The van der Waals surface area contributed by atoms with Gasteiger partial charge in [-0.3, -0.25) is 9.59 Å². The Morgan fingerprint density at radius 3 is 2.12 bits per heavy atom. The van der Waals surface area contributed by atoms with Crippen molar-refractivity contribution in [2.75, 3.05) is 5.32 Å². The van der Waals surface area contributed by atoms with Crippen LogP contribution in [0.25, 0.3) is 0 Å². The van der Waals surface area contributed by atoms with Crippen molar-refractivity contribution in [3.05, 3.63) is 64.7 Å². The van der Waals surface area contributed by atoms with Crippen LogP contribution < -0.4 is 10.6 Å². The summed E-state index contributed by atoms with van der Waals surface area (Å²) in [6.07, 6.45) is 0.191. The van der Waals surface area contributed by atoms with Crippen molar-refractivity contribution in [1.29, 1.82) is 0 Å². The normalized spacial score (nSPS) is 11.7. The van der Waals surface area contributed by atoms with Gasteiger partial charge >= 0.3 is 0 Å². The van der Waals surface area contributed by atoms with Crippen LogP contribution in [-0.2, 0) is 9.59 Å². The maximum Gasteiger partial charge on any atom is 0.226 e. The zero-order valence-corrected chi connectivity index (χ0v) is 14.6. The van der Waals surface area contributed by atoms with Crippen LogP contribution in [0.1, 0.15) is 41.6 Å². The summed E-state index contributed by atoms with van der Waals surface area (Å²) in [6.45, 7) is 7.46. The fourth-order valence-corrected chi connectivity index (χ4v) is 2.94. The summed E-state index contributed by atoms with van der Waals surface area (Å²) in [5.41, 5.74) is 5.01. The van der Waals surface area contributed by atoms with E-state index in [-0.39, 0.29) is 24.3 Å². The molecule has 0 spiro atoms. The average Bonchev–Trinajstić information content (AvgIpc) is 2.50. The lowest BCUT2D eigenvalue weighted by atomic mass is 10.0. The molecule has 0 heterocycles. The van der Waals surface area contributed by atoms with E-state index in [9.17, 15) is 9.59 Å². The van der Waals surface area contributed by atoms with Gasteiger partial charge in [-0.2, -0.15) is 0 Å². The molecule has 1 unspecified atom stereocenters. The summed E-state index contributed by atoms with van der Waals surface area (Å²) in [6, 6.07) is 13.3. The number of carbonyl (C=O) groups is 2. The van der Waals surface area contributed by atoms with E-state index in [1.807, 2.05) is 63.2 Å². The number of amides is 2. The van der Waals surface area contributed by atoms with E-state index >= 15 is 0 Å². The first-order chi connectivity index (χ1) is 11.4. The van der Waals surface area contributed by atoms with Gasteiger partial charge in [-0.05, 0) is 37.5 Å². The lowest BCUT2D eigenvalue weighted by Crippen LogP contribution is -2.30. The molecule has 2 amide bonds. The number of benzene rings is 2. The first-order valence-electron chi connectivity index (χ1n) is 8.06. The first-order valence-corrected chi connectivity index (χ1v) is 8.06. The highest BCUT2D eigenvalue weighted by molar-refractivity contribution is 5.93. The van der Waals surface area contributed by atoms with Gasteiger partial charge in [0.2, 0.25) is 11.8 Å². The summed E-state index contributed by atoms with van der Waals surface area (Å²) in [7, 11) is 0.